The highest BCUT2D eigenvalue weighted by molar-refractivity contribution is 7.91. The summed E-state index contributed by atoms with van der Waals surface area (Å²) in [5, 5.41) is 6.09. The van der Waals surface area contributed by atoms with Gasteiger partial charge >= 0.3 is 0 Å². The van der Waals surface area contributed by atoms with Crippen LogP contribution in [0.15, 0.2) is 0 Å². The first-order valence-corrected chi connectivity index (χ1v) is 8.60. The van der Waals surface area contributed by atoms with Crippen molar-refractivity contribution < 1.29 is 13.2 Å². The molecular formula is C12H23N3O3S. The molecule has 0 aromatic heterocycles. The number of hydrogen-bond acceptors (Lipinski definition) is 5. The normalized spacial score (nSPS) is 31.4. The molecule has 6 nitrogen and oxygen atoms in total. The quantitative estimate of drug-likeness (QED) is 0.657. The van der Waals surface area contributed by atoms with E-state index in [1.165, 1.54) is 0 Å². The molecule has 19 heavy (non-hydrogen) atoms. The minimum Gasteiger partial charge on any atom is -0.355 e. The summed E-state index contributed by atoms with van der Waals surface area (Å²) in [6, 6.07) is 0. The third-order valence-electron chi connectivity index (χ3n) is 4.29. The topological polar surface area (TPSA) is 78.5 Å². The van der Waals surface area contributed by atoms with Gasteiger partial charge in [0.05, 0.1) is 11.2 Å². The van der Waals surface area contributed by atoms with E-state index in [0.717, 1.165) is 19.6 Å². The van der Waals surface area contributed by atoms with Gasteiger partial charge < -0.3 is 15.5 Å². The third-order valence-corrected chi connectivity index (χ3v) is 5.99. The van der Waals surface area contributed by atoms with Gasteiger partial charge in [0.15, 0.2) is 9.84 Å². The highest BCUT2D eigenvalue weighted by Gasteiger charge is 2.53. The Bertz CT molecular complexity index is 451. The second-order valence-corrected chi connectivity index (χ2v) is 8.15. The molecular weight excluding hydrogens is 266 g/mol. The first-order valence-electron chi connectivity index (χ1n) is 6.77. The number of carbonyl (C=O) groups excluding carboxylic acids is 1. The molecule has 0 aromatic rings. The van der Waals surface area contributed by atoms with E-state index in [1.807, 2.05) is 7.05 Å². The van der Waals surface area contributed by atoms with Gasteiger partial charge in [0.2, 0.25) is 5.91 Å². The van der Waals surface area contributed by atoms with E-state index in [-0.39, 0.29) is 29.4 Å². The Kier molecular flexibility index (Phi) is 4.17. The molecule has 2 N–H and O–H groups in total. The minimum atomic E-state index is -3.01. The maximum absolute atomic E-state index is 12.4. The van der Waals surface area contributed by atoms with Crippen molar-refractivity contribution in [1.82, 2.24) is 15.5 Å². The van der Waals surface area contributed by atoms with Crippen molar-refractivity contribution in [2.75, 3.05) is 51.3 Å². The lowest BCUT2D eigenvalue weighted by molar-refractivity contribution is -0.130. The van der Waals surface area contributed by atoms with E-state index in [1.54, 1.807) is 6.92 Å². The van der Waals surface area contributed by atoms with Gasteiger partial charge in [-0.1, -0.05) is 6.92 Å². The first kappa shape index (κ1) is 14.7. The van der Waals surface area contributed by atoms with Crippen LogP contribution in [-0.2, 0) is 14.6 Å². The van der Waals surface area contributed by atoms with Crippen molar-refractivity contribution >= 4 is 15.7 Å². The molecule has 0 aromatic carbocycles. The number of amides is 1. The van der Waals surface area contributed by atoms with Crippen molar-refractivity contribution in [2.24, 2.45) is 11.3 Å². The van der Waals surface area contributed by atoms with Gasteiger partial charge in [0.1, 0.15) is 0 Å². The fourth-order valence-electron chi connectivity index (χ4n) is 3.13. The number of fused-ring (bicyclic) bond motifs is 1. The summed E-state index contributed by atoms with van der Waals surface area (Å²) in [5.74, 6) is 0.485. The molecule has 7 heteroatoms. The lowest BCUT2D eigenvalue weighted by Gasteiger charge is -2.26. The van der Waals surface area contributed by atoms with Gasteiger partial charge in [-0.25, -0.2) is 8.42 Å². The van der Waals surface area contributed by atoms with Crippen molar-refractivity contribution in [3.05, 3.63) is 0 Å². The van der Waals surface area contributed by atoms with Gasteiger partial charge in [-0.2, -0.15) is 0 Å². The second kappa shape index (κ2) is 5.38. The molecule has 2 aliphatic heterocycles. The van der Waals surface area contributed by atoms with Crippen molar-refractivity contribution in [1.29, 1.82) is 0 Å². The number of hydrogen-bond donors (Lipinski definition) is 2. The summed E-state index contributed by atoms with van der Waals surface area (Å²) >= 11 is 0. The van der Waals surface area contributed by atoms with Crippen LogP contribution in [0.4, 0.5) is 0 Å². The van der Waals surface area contributed by atoms with E-state index in [4.69, 9.17) is 0 Å². The molecule has 2 rings (SSSR count). The molecule has 0 aliphatic carbocycles. The predicted octanol–water partition coefficient (Wildman–Crippen LogP) is -1.31. The van der Waals surface area contributed by atoms with Crippen LogP contribution in [0.3, 0.4) is 0 Å². The number of carbonyl (C=O) groups is 1. The molecule has 2 heterocycles. The Labute approximate surface area is 114 Å². The molecule has 1 amide bonds. The number of rotatable bonds is 5. The van der Waals surface area contributed by atoms with E-state index in [2.05, 4.69) is 15.5 Å². The number of likely N-dealkylation sites (tertiary alicyclic amines) is 1. The van der Waals surface area contributed by atoms with Crippen LogP contribution in [0.25, 0.3) is 0 Å². The van der Waals surface area contributed by atoms with Gasteiger partial charge in [-0.05, 0) is 7.05 Å². The maximum atomic E-state index is 12.4. The molecule has 2 aliphatic rings. The van der Waals surface area contributed by atoms with Gasteiger partial charge in [-0.3, -0.25) is 4.79 Å². The fourth-order valence-corrected chi connectivity index (χ4v) is 3.84. The minimum absolute atomic E-state index is 0.00171. The van der Waals surface area contributed by atoms with E-state index in [9.17, 15) is 13.2 Å². The molecule has 110 valence electrons. The Hall–Kier alpha value is -0.660. The number of nitrogens with zero attached hydrogens (tertiary/aromatic N) is 1. The molecule has 0 bridgehead atoms. The lowest BCUT2D eigenvalue weighted by Crippen LogP contribution is -2.48. The van der Waals surface area contributed by atoms with Crippen molar-refractivity contribution in [3.63, 3.8) is 0 Å². The van der Waals surface area contributed by atoms with Gasteiger partial charge in [0.25, 0.3) is 0 Å². The maximum Gasteiger partial charge on any atom is 0.229 e. The standard InChI is InChI=1S/C12H23N3O3S/c1-3-19(17,18)5-4-14-11(16)12-8-13-6-10(12)7-15(2)9-12/h10,13H,3-9H2,1-2H3,(H,14,16)/t10-,12-/m1/s1. The predicted molar refractivity (Wildman–Crippen MR) is 73.6 cm³/mol. The fraction of sp³-hybridized carbons (Fsp3) is 0.917. The van der Waals surface area contributed by atoms with Crippen LogP contribution in [0.5, 0.6) is 0 Å². The zero-order valence-electron chi connectivity index (χ0n) is 11.6. The zero-order valence-corrected chi connectivity index (χ0v) is 12.4. The summed E-state index contributed by atoms with van der Waals surface area (Å²) in [6.45, 7) is 5.07. The SMILES string of the molecule is CCS(=O)(=O)CCNC(=O)[C@@]12CNC[C@@H]1CN(C)C2. The van der Waals surface area contributed by atoms with Crippen LogP contribution >= 0.6 is 0 Å². The molecule has 0 spiro atoms. The Morgan fingerprint density at radius 1 is 1.53 bits per heavy atom. The molecule has 2 fully saturated rings. The average Bonchev–Trinajstić information content (AvgIpc) is 2.85. The van der Waals surface area contributed by atoms with Crippen LogP contribution in [0.1, 0.15) is 6.92 Å². The summed E-state index contributed by atoms with van der Waals surface area (Å²) in [4.78, 5) is 14.6. The first-order chi connectivity index (χ1) is 8.89. The van der Waals surface area contributed by atoms with Crippen molar-refractivity contribution in [2.45, 2.75) is 6.92 Å². The van der Waals surface area contributed by atoms with Gasteiger partial charge in [-0.15, -0.1) is 0 Å². The van der Waals surface area contributed by atoms with Crippen LogP contribution in [-0.4, -0.2) is 70.5 Å². The van der Waals surface area contributed by atoms with Crippen molar-refractivity contribution in [3.8, 4) is 0 Å². The average molecular weight is 289 g/mol. The van der Waals surface area contributed by atoms with E-state index < -0.39 is 9.84 Å². The zero-order chi connectivity index (χ0) is 14.1. The van der Waals surface area contributed by atoms with E-state index >= 15 is 0 Å². The summed E-state index contributed by atoms with van der Waals surface area (Å²) in [7, 11) is -0.992. The monoisotopic (exact) mass is 289 g/mol. The second-order valence-electron chi connectivity index (χ2n) is 5.67. The molecule has 2 atom stereocenters. The van der Waals surface area contributed by atoms with Crippen LogP contribution < -0.4 is 10.6 Å². The summed E-state index contributed by atoms with van der Waals surface area (Å²) in [6.07, 6.45) is 0. The third kappa shape index (κ3) is 2.93. The highest BCUT2D eigenvalue weighted by Crippen LogP contribution is 2.38. The molecule has 0 saturated carbocycles. The van der Waals surface area contributed by atoms with Crippen LogP contribution in [0, 0.1) is 11.3 Å². The summed E-state index contributed by atoms with van der Waals surface area (Å²) in [5.41, 5.74) is -0.370. The molecule has 2 saturated heterocycles. The smallest absolute Gasteiger partial charge is 0.229 e. The van der Waals surface area contributed by atoms with Crippen LogP contribution in [0.2, 0.25) is 0 Å². The molecule has 0 radical (unpaired) electrons. The number of nitrogens with one attached hydrogen (secondary N) is 2. The Morgan fingerprint density at radius 3 is 2.95 bits per heavy atom. The largest absolute Gasteiger partial charge is 0.355 e. The van der Waals surface area contributed by atoms with E-state index in [0.29, 0.717) is 12.5 Å². The molecule has 0 unspecified atom stereocenters. The van der Waals surface area contributed by atoms with Gasteiger partial charge in [0, 0.05) is 44.4 Å². The Balaban J connectivity index is 1.93. The Morgan fingerprint density at radius 2 is 2.26 bits per heavy atom. The highest BCUT2D eigenvalue weighted by atomic mass is 32.2. The lowest BCUT2D eigenvalue weighted by atomic mass is 9.80. The number of sulfone groups is 1. The summed E-state index contributed by atoms with van der Waals surface area (Å²) < 4.78 is 22.8.